The van der Waals surface area contributed by atoms with Gasteiger partial charge in [0.2, 0.25) is 0 Å². The highest BCUT2D eigenvalue weighted by Gasteiger charge is 2.08. The zero-order valence-corrected chi connectivity index (χ0v) is 10.6. The fourth-order valence-electron chi connectivity index (χ4n) is 1.03. The second-order valence-corrected chi connectivity index (χ2v) is 5.35. The molecule has 0 saturated heterocycles. The summed E-state index contributed by atoms with van der Waals surface area (Å²) in [4.78, 5) is 11.1. The third kappa shape index (κ3) is 8.16. The number of rotatable bonds is 8. The van der Waals surface area contributed by atoms with Crippen molar-refractivity contribution >= 4 is 15.3 Å². The van der Waals surface area contributed by atoms with Gasteiger partial charge in [0.05, 0.1) is 0 Å². The van der Waals surface area contributed by atoms with E-state index in [9.17, 15) is 4.79 Å². The van der Waals surface area contributed by atoms with Crippen molar-refractivity contribution in [3.63, 3.8) is 0 Å². The Morgan fingerprint density at radius 1 is 1.40 bits per heavy atom. The van der Waals surface area contributed by atoms with E-state index in [1.165, 1.54) is 0 Å². The van der Waals surface area contributed by atoms with Crippen molar-refractivity contribution in [3.05, 3.63) is 12.7 Å². The highest BCUT2D eigenvalue weighted by Crippen LogP contribution is 1.97. The zero-order chi connectivity index (χ0) is 11.5. The Kier molecular flexibility index (Phi) is 9.14. The Morgan fingerprint density at radius 2 is 2.07 bits per heavy atom. The maximum absolute atomic E-state index is 11.1. The predicted octanol–water partition coefficient (Wildman–Crippen LogP) is 0.375. The number of urea groups is 1. The zero-order valence-electron chi connectivity index (χ0n) is 9.41. The van der Waals surface area contributed by atoms with Crippen LogP contribution in [0.2, 0.25) is 6.04 Å². The van der Waals surface area contributed by atoms with Gasteiger partial charge in [0, 0.05) is 27.3 Å². The van der Waals surface area contributed by atoms with Gasteiger partial charge in [0.25, 0.3) is 0 Å². The molecule has 0 rings (SSSR count). The van der Waals surface area contributed by atoms with Gasteiger partial charge in [0.15, 0.2) is 0 Å². The van der Waals surface area contributed by atoms with E-state index >= 15 is 0 Å². The molecule has 0 saturated carbocycles. The van der Waals surface area contributed by atoms with Crippen LogP contribution in [0.15, 0.2) is 12.7 Å². The largest absolute Gasteiger partial charge is 0.400 e. The van der Waals surface area contributed by atoms with E-state index in [-0.39, 0.29) is 6.03 Å². The molecule has 0 atom stereocenters. The van der Waals surface area contributed by atoms with Crippen molar-refractivity contribution in [3.8, 4) is 0 Å². The summed E-state index contributed by atoms with van der Waals surface area (Å²) in [6.07, 6.45) is 2.51. The molecule has 0 radical (unpaired) electrons. The number of nitrogens with one attached hydrogen (secondary N) is 2. The van der Waals surface area contributed by atoms with Gasteiger partial charge >= 0.3 is 15.3 Å². The minimum Gasteiger partial charge on any atom is -0.400 e. The summed E-state index contributed by atoms with van der Waals surface area (Å²) in [5.41, 5.74) is 0. The van der Waals surface area contributed by atoms with Gasteiger partial charge in [-0.05, 0) is 12.5 Å². The molecule has 0 aromatic carbocycles. The number of carbonyl (C=O) groups is 1. The second kappa shape index (κ2) is 9.69. The predicted molar refractivity (Wildman–Crippen MR) is 62.2 cm³/mol. The molecule has 0 unspecified atom stereocenters. The van der Waals surface area contributed by atoms with Crippen LogP contribution in [-0.4, -0.2) is 42.6 Å². The fourth-order valence-corrected chi connectivity index (χ4v) is 2.23. The standard InChI is InChI=1S/C9H20N2O3Si/c1-4-6-10-9(12)11-7-5-8-15(13-2)14-3/h4,15H,1,5-8H2,2-3H3,(H2,10,11,12). The van der Waals surface area contributed by atoms with Crippen molar-refractivity contribution in [2.45, 2.75) is 12.5 Å². The van der Waals surface area contributed by atoms with Gasteiger partial charge in [-0.1, -0.05) is 6.08 Å². The molecule has 0 aliphatic carbocycles. The van der Waals surface area contributed by atoms with Crippen LogP contribution in [0.1, 0.15) is 6.42 Å². The Morgan fingerprint density at radius 3 is 2.60 bits per heavy atom. The van der Waals surface area contributed by atoms with Crippen LogP contribution in [0.3, 0.4) is 0 Å². The first-order valence-electron chi connectivity index (χ1n) is 4.92. The lowest BCUT2D eigenvalue weighted by Crippen LogP contribution is -2.36. The monoisotopic (exact) mass is 232 g/mol. The quantitative estimate of drug-likeness (QED) is 0.361. The minimum atomic E-state index is -1.47. The van der Waals surface area contributed by atoms with Crippen LogP contribution >= 0.6 is 0 Å². The number of hydrogen-bond donors (Lipinski definition) is 2. The number of hydrogen-bond acceptors (Lipinski definition) is 3. The van der Waals surface area contributed by atoms with Crippen molar-refractivity contribution in [1.82, 2.24) is 10.6 Å². The molecule has 0 spiro atoms. The van der Waals surface area contributed by atoms with Crippen molar-refractivity contribution in [2.24, 2.45) is 0 Å². The molecule has 5 nitrogen and oxygen atoms in total. The van der Waals surface area contributed by atoms with E-state index < -0.39 is 9.28 Å². The summed E-state index contributed by atoms with van der Waals surface area (Å²) in [5, 5.41) is 5.36. The summed E-state index contributed by atoms with van der Waals surface area (Å²) >= 11 is 0. The Labute approximate surface area is 92.7 Å². The van der Waals surface area contributed by atoms with E-state index in [2.05, 4.69) is 17.2 Å². The van der Waals surface area contributed by atoms with Crippen molar-refractivity contribution < 1.29 is 13.6 Å². The molecule has 0 aromatic rings. The van der Waals surface area contributed by atoms with Crippen LogP contribution < -0.4 is 10.6 Å². The van der Waals surface area contributed by atoms with Crippen LogP contribution in [-0.2, 0) is 8.85 Å². The van der Waals surface area contributed by atoms with Gasteiger partial charge in [-0.25, -0.2) is 4.79 Å². The average Bonchev–Trinajstić information content (AvgIpc) is 2.26. The first-order chi connectivity index (χ1) is 7.24. The Bertz CT molecular complexity index is 186. The minimum absolute atomic E-state index is 0.164. The van der Waals surface area contributed by atoms with E-state index in [1.54, 1.807) is 20.3 Å². The molecule has 0 fully saturated rings. The molecule has 88 valence electrons. The van der Waals surface area contributed by atoms with Gasteiger partial charge in [-0.3, -0.25) is 0 Å². The van der Waals surface area contributed by atoms with Crippen LogP contribution in [0.25, 0.3) is 0 Å². The summed E-state index contributed by atoms with van der Waals surface area (Å²) in [5.74, 6) is 0. The first kappa shape index (κ1) is 14.1. The fraction of sp³-hybridized carbons (Fsp3) is 0.667. The topological polar surface area (TPSA) is 59.6 Å². The van der Waals surface area contributed by atoms with E-state index in [1.807, 2.05) is 0 Å². The van der Waals surface area contributed by atoms with Crippen LogP contribution in [0, 0.1) is 0 Å². The van der Waals surface area contributed by atoms with E-state index in [0.29, 0.717) is 13.1 Å². The highest BCUT2D eigenvalue weighted by atomic mass is 28.3. The molecule has 15 heavy (non-hydrogen) atoms. The molecule has 2 N–H and O–H groups in total. The van der Waals surface area contributed by atoms with Gasteiger partial charge in [0.1, 0.15) is 0 Å². The smallest absolute Gasteiger partial charge is 0.320 e. The van der Waals surface area contributed by atoms with Gasteiger partial charge < -0.3 is 19.5 Å². The summed E-state index contributed by atoms with van der Waals surface area (Å²) < 4.78 is 10.3. The Balaban J connectivity index is 3.36. The number of amides is 2. The van der Waals surface area contributed by atoms with E-state index in [4.69, 9.17) is 8.85 Å². The molecule has 6 heteroatoms. The number of carbonyl (C=O) groups excluding carboxylic acids is 1. The van der Waals surface area contributed by atoms with E-state index in [0.717, 1.165) is 12.5 Å². The SMILES string of the molecule is C=CCNC(=O)NCCC[SiH](OC)OC. The summed E-state index contributed by atoms with van der Waals surface area (Å²) in [6, 6.07) is 0.734. The second-order valence-electron chi connectivity index (χ2n) is 2.97. The molecule has 0 aromatic heterocycles. The lowest BCUT2D eigenvalue weighted by molar-refractivity contribution is 0.241. The summed E-state index contributed by atoms with van der Waals surface area (Å²) in [7, 11) is 1.85. The average molecular weight is 232 g/mol. The molecular formula is C9H20N2O3Si. The molecule has 2 amide bonds. The van der Waals surface area contributed by atoms with Gasteiger partial charge in [-0.15, -0.1) is 6.58 Å². The molecular weight excluding hydrogens is 212 g/mol. The molecule has 0 heterocycles. The maximum atomic E-state index is 11.1. The van der Waals surface area contributed by atoms with Crippen molar-refractivity contribution in [2.75, 3.05) is 27.3 Å². The molecule has 0 bridgehead atoms. The molecule has 0 aliphatic rings. The van der Waals surface area contributed by atoms with Gasteiger partial charge in [-0.2, -0.15) is 0 Å². The molecule has 0 aliphatic heterocycles. The third-order valence-electron chi connectivity index (χ3n) is 1.83. The maximum Gasteiger partial charge on any atom is 0.320 e. The lowest BCUT2D eigenvalue weighted by Gasteiger charge is -2.10. The van der Waals surface area contributed by atoms with Crippen LogP contribution in [0.4, 0.5) is 4.79 Å². The third-order valence-corrected chi connectivity index (χ3v) is 3.77. The summed E-state index contributed by atoms with van der Waals surface area (Å²) in [6.45, 7) is 4.63. The lowest BCUT2D eigenvalue weighted by atomic mass is 10.5. The van der Waals surface area contributed by atoms with Crippen LogP contribution in [0.5, 0.6) is 0 Å². The highest BCUT2D eigenvalue weighted by molar-refractivity contribution is 6.44. The first-order valence-corrected chi connectivity index (χ1v) is 6.68. The van der Waals surface area contributed by atoms with Crippen molar-refractivity contribution in [1.29, 1.82) is 0 Å². The normalized spacial score (nSPS) is 10.1. The Hall–Kier alpha value is -0.853.